The Morgan fingerprint density at radius 2 is 1.91 bits per heavy atom. The van der Waals surface area contributed by atoms with Crippen LogP contribution in [-0.2, 0) is 21.0 Å². The highest BCUT2D eigenvalue weighted by molar-refractivity contribution is 7.93. The van der Waals surface area contributed by atoms with Crippen molar-refractivity contribution < 1.29 is 17.7 Å². The number of hydrogen-bond acceptors (Lipinski definition) is 4. The number of nitrogens with zero attached hydrogens (tertiary/aromatic N) is 2. The third-order valence-electron chi connectivity index (χ3n) is 4.74. The van der Waals surface area contributed by atoms with Crippen LogP contribution in [0.15, 0.2) is 22.6 Å². The van der Waals surface area contributed by atoms with E-state index in [4.69, 9.17) is 4.74 Å². The van der Waals surface area contributed by atoms with Crippen LogP contribution in [0.25, 0.3) is 0 Å². The molecule has 4 nitrogen and oxygen atoms in total. The molecule has 0 aliphatic carbocycles. The summed E-state index contributed by atoms with van der Waals surface area (Å²) < 4.78 is 49.0. The van der Waals surface area contributed by atoms with Gasteiger partial charge < -0.3 is 4.74 Å². The summed E-state index contributed by atoms with van der Waals surface area (Å²) >= 11 is 0. The Labute approximate surface area is 136 Å². The molecule has 3 rings (SSSR count). The molecule has 7 heteroatoms. The molecule has 1 aromatic rings. The van der Waals surface area contributed by atoms with Crippen molar-refractivity contribution in [3.8, 4) is 0 Å². The summed E-state index contributed by atoms with van der Waals surface area (Å²) in [4.78, 5) is 2.16. The van der Waals surface area contributed by atoms with Gasteiger partial charge in [0.05, 0.1) is 12.2 Å². The van der Waals surface area contributed by atoms with Gasteiger partial charge in [-0.1, -0.05) is 0 Å². The van der Waals surface area contributed by atoms with Crippen LogP contribution in [0.1, 0.15) is 18.4 Å². The summed E-state index contributed by atoms with van der Waals surface area (Å²) in [5.74, 6) is 0.0209. The average Bonchev–Trinajstić information content (AvgIpc) is 2.50. The van der Waals surface area contributed by atoms with Crippen LogP contribution in [0.2, 0.25) is 0 Å². The van der Waals surface area contributed by atoms with Crippen LogP contribution in [-0.4, -0.2) is 53.0 Å². The summed E-state index contributed by atoms with van der Waals surface area (Å²) in [6.07, 6.45) is 1.44. The van der Waals surface area contributed by atoms with Crippen molar-refractivity contribution >= 4 is 9.73 Å². The predicted molar refractivity (Wildman–Crippen MR) is 85.8 cm³/mol. The first kappa shape index (κ1) is 16.8. The molecule has 0 saturated carbocycles. The van der Waals surface area contributed by atoms with Crippen molar-refractivity contribution in [2.24, 2.45) is 4.36 Å². The predicted octanol–water partition coefficient (Wildman–Crippen LogP) is 2.43. The van der Waals surface area contributed by atoms with Gasteiger partial charge in [-0.2, -0.15) is 0 Å². The second-order valence-electron chi connectivity index (χ2n) is 6.38. The molecule has 2 fully saturated rings. The molecule has 0 N–H and O–H groups in total. The maximum absolute atomic E-state index is 13.3. The minimum atomic E-state index is -2.06. The SMILES string of the molecule is CN=S1(=O)CCC2(CC1)CN(Cc1cc(F)cc(F)c1)CCO2. The highest BCUT2D eigenvalue weighted by atomic mass is 32.2. The van der Waals surface area contributed by atoms with Gasteiger partial charge in [-0.15, -0.1) is 0 Å². The van der Waals surface area contributed by atoms with E-state index in [1.54, 1.807) is 7.05 Å². The fourth-order valence-corrected chi connectivity index (χ4v) is 5.37. The van der Waals surface area contributed by atoms with Gasteiger partial charge in [-0.25, -0.2) is 17.4 Å². The van der Waals surface area contributed by atoms with Gasteiger partial charge in [0.25, 0.3) is 0 Å². The van der Waals surface area contributed by atoms with Crippen molar-refractivity contribution in [1.29, 1.82) is 0 Å². The molecule has 0 radical (unpaired) electrons. The summed E-state index contributed by atoms with van der Waals surface area (Å²) in [6, 6.07) is 3.63. The summed E-state index contributed by atoms with van der Waals surface area (Å²) in [7, 11) is -0.446. The van der Waals surface area contributed by atoms with E-state index in [2.05, 4.69) is 9.26 Å². The second-order valence-corrected chi connectivity index (χ2v) is 9.11. The Morgan fingerprint density at radius 3 is 2.52 bits per heavy atom. The number of ether oxygens (including phenoxy) is 1. The first-order chi connectivity index (χ1) is 10.9. The van der Waals surface area contributed by atoms with E-state index in [0.717, 1.165) is 25.5 Å². The zero-order chi connectivity index (χ0) is 16.5. The van der Waals surface area contributed by atoms with E-state index in [1.807, 2.05) is 0 Å². The zero-order valence-electron chi connectivity index (χ0n) is 13.3. The Morgan fingerprint density at radius 1 is 1.26 bits per heavy atom. The normalized spacial score (nSPS) is 32.1. The van der Waals surface area contributed by atoms with Gasteiger partial charge in [-0.3, -0.25) is 4.90 Å². The first-order valence-electron chi connectivity index (χ1n) is 7.84. The van der Waals surface area contributed by atoms with E-state index in [9.17, 15) is 13.0 Å². The fourth-order valence-electron chi connectivity index (χ4n) is 3.42. The number of benzene rings is 1. The minimum Gasteiger partial charge on any atom is -0.372 e. The number of rotatable bonds is 2. The topological polar surface area (TPSA) is 41.9 Å². The highest BCUT2D eigenvalue weighted by Gasteiger charge is 2.40. The van der Waals surface area contributed by atoms with Crippen molar-refractivity contribution in [2.75, 3.05) is 38.2 Å². The lowest BCUT2D eigenvalue weighted by molar-refractivity contribution is -0.115. The molecule has 2 aliphatic heterocycles. The molecule has 2 aliphatic rings. The molecule has 1 spiro atoms. The van der Waals surface area contributed by atoms with Gasteiger partial charge >= 0.3 is 0 Å². The molecule has 0 bridgehead atoms. The molecule has 0 amide bonds. The van der Waals surface area contributed by atoms with Crippen molar-refractivity contribution in [3.63, 3.8) is 0 Å². The van der Waals surface area contributed by atoms with Crippen molar-refractivity contribution in [2.45, 2.75) is 25.0 Å². The quantitative estimate of drug-likeness (QED) is 0.827. The molecule has 2 saturated heterocycles. The smallest absolute Gasteiger partial charge is 0.126 e. The second kappa shape index (κ2) is 6.45. The van der Waals surface area contributed by atoms with E-state index in [0.29, 0.717) is 36.8 Å². The van der Waals surface area contributed by atoms with E-state index >= 15 is 0 Å². The van der Waals surface area contributed by atoms with Crippen molar-refractivity contribution in [3.05, 3.63) is 35.4 Å². The number of morpholine rings is 1. The molecule has 0 atom stereocenters. The first-order valence-corrected chi connectivity index (χ1v) is 9.69. The third kappa shape index (κ3) is 3.89. The van der Waals surface area contributed by atoms with E-state index in [-0.39, 0.29) is 5.60 Å². The molecule has 1 aromatic carbocycles. The van der Waals surface area contributed by atoms with Crippen LogP contribution in [0, 0.1) is 11.6 Å². The van der Waals surface area contributed by atoms with Gasteiger partial charge in [0.1, 0.15) is 11.6 Å². The molecule has 0 aromatic heterocycles. The lowest BCUT2D eigenvalue weighted by Crippen LogP contribution is -2.54. The lowest BCUT2D eigenvalue weighted by atomic mass is 9.94. The lowest BCUT2D eigenvalue weighted by Gasteiger charge is -2.45. The minimum absolute atomic E-state index is 0.296. The number of hydrogen-bond donors (Lipinski definition) is 0. The monoisotopic (exact) mass is 344 g/mol. The molecule has 2 heterocycles. The molecular formula is C16H22F2N2O2S. The van der Waals surface area contributed by atoms with Gasteiger partial charge in [0.2, 0.25) is 0 Å². The Hall–Kier alpha value is -1.05. The maximum Gasteiger partial charge on any atom is 0.126 e. The average molecular weight is 344 g/mol. The van der Waals surface area contributed by atoms with Gasteiger partial charge in [-0.05, 0) is 30.5 Å². The molecule has 128 valence electrons. The largest absolute Gasteiger partial charge is 0.372 e. The van der Waals surface area contributed by atoms with Crippen LogP contribution < -0.4 is 0 Å². The van der Waals surface area contributed by atoms with E-state index < -0.39 is 21.4 Å². The summed E-state index contributed by atoms with van der Waals surface area (Å²) in [5.41, 5.74) is 0.332. The number of halogens is 2. The van der Waals surface area contributed by atoms with Crippen LogP contribution in [0.3, 0.4) is 0 Å². The van der Waals surface area contributed by atoms with Crippen LogP contribution in [0.4, 0.5) is 8.78 Å². The van der Waals surface area contributed by atoms with Crippen LogP contribution >= 0.6 is 0 Å². The van der Waals surface area contributed by atoms with Crippen LogP contribution in [0.5, 0.6) is 0 Å². The van der Waals surface area contributed by atoms with E-state index in [1.165, 1.54) is 12.1 Å². The Balaban J connectivity index is 1.68. The summed E-state index contributed by atoms with van der Waals surface area (Å²) in [6.45, 7) is 2.51. The maximum atomic E-state index is 13.3. The standard InChI is InChI=1S/C16H22F2N2O2S/c1-19-23(21)6-2-16(3-7-23)12-20(4-5-22-16)11-13-8-14(17)10-15(18)9-13/h8-10H,2-7,11-12H2,1H3. The Bertz CT molecular complexity index is 667. The zero-order valence-corrected chi connectivity index (χ0v) is 14.1. The fraction of sp³-hybridized carbons (Fsp3) is 0.625. The van der Waals surface area contributed by atoms with Crippen molar-refractivity contribution in [1.82, 2.24) is 4.90 Å². The molecule has 23 heavy (non-hydrogen) atoms. The molecule has 0 unspecified atom stereocenters. The Kier molecular flexibility index (Phi) is 4.71. The highest BCUT2D eigenvalue weighted by Crippen LogP contribution is 2.32. The molecular weight excluding hydrogens is 322 g/mol. The third-order valence-corrected chi connectivity index (χ3v) is 7.09. The summed E-state index contributed by atoms with van der Waals surface area (Å²) in [5, 5.41) is 0. The van der Waals surface area contributed by atoms with Gasteiger partial charge in [0.15, 0.2) is 0 Å². The van der Waals surface area contributed by atoms with Gasteiger partial charge in [0, 0.05) is 54.0 Å².